The summed E-state index contributed by atoms with van der Waals surface area (Å²) in [5.41, 5.74) is 1.21. The predicted molar refractivity (Wildman–Crippen MR) is 73.4 cm³/mol. The van der Waals surface area contributed by atoms with Gasteiger partial charge in [0.1, 0.15) is 10.2 Å². The number of aryl methyl sites for hydroxylation is 1. The van der Waals surface area contributed by atoms with Crippen molar-refractivity contribution in [3.05, 3.63) is 49.9 Å². The molecule has 2 aromatic rings. The van der Waals surface area contributed by atoms with Gasteiger partial charge >= 0.3 is 0 Å². The number of anilines is 1. The minimum absolute atomic E-state index is 0.124. The summed E-state index contributed by atoms with van der Waals surface area (Å²) < 4.78 is 14.2. The van der Waals surface area contributed by atoms with E-state index >= 15 is 0 Å². The summed E-state index contributed by atoms with van der Waals surface area (Å²) in [4.78, 5) is 11.9. The van der Waals surface area contributed by atoms with Crippen LogP contribution in [-0.4, -0.2) is 5.91 Å². The molecule has 0 bridgehead atoms. The monoisotopic (exact) mass is 303 g/mol. The second kappa shape index (κ2) is 5.26. The smallest absolute Gasteiger partial charge is 0.258 e. The standard InChI is InChI=1S/C12H8Cl2FNOS/c1-6-2-3-8(15)9(4-6)16-12(17)7-5-10(13)18-11(7)14/h2-5H,1H3,(H,16,17). The van der Waals surface area contributed by atoms with Crippen molar-refractivity contribution in [2.75, 3.05) is 5.32 Å². The summed E-state index contributed by atoms with van der Waals surface area (Å²) in [6.45, 7) is 1.81. The summed E-state index contributed by atoms with van der Waals surface area (Å²) in [5.74, 6) is -0.973. The van der Waals surface area contributed by atoms with Crippen molar-refractivity contribution in [2.24, 2.45) is 0 Å². The van der Waals surface area contributed by atoms with Gasteiger partial charge in [0.2, 0.25) is 0 Å². The number of carbonyl (C=O) groups is 1. The van der Waals surface area contributed by atoms with Gasteiger partial charge in [0.05, 0.1) is 15.6 Å². The molecular weight excluding hydrogens is 296 g/mol. The fourth-order valence-electron chi connectivity index (χ4n) is 1.42. The average molecular weight is 304 g/mol. The fraction of sp³-hybridized carbons (Fsp3) is 0.0833. The lowest BCUT2D eigenvalue weighted by Crippen LogP contribution is -2.12. The lowest BCUT2D eigenvalue weighted by molar-refractivity contribution is 0.102. The largest absolute Gasteiger partial charge is 0.319 e. The Morgan fingerprint density at radius 3 is 2.67 bits per heavy atom. The van der Waals surface area contributed by atoms with Crippen molar-refractivity contribution >= 4 is 46.1 Å². The molecule has 0 atom stereocenters. The molecular formula is C12H8Cl2FNOS. The van der Waals surface area contributed by atoms with Gasteiger partial charge in [0.25, 0.3) is 5.91 Å². The number of hydrogen-bond donors (Lipinski definition) is 1. The molecule has 0 aliphatic rings. The van der Waals surface area contributed by atoms with Crippen LogP contribution in [-0.2, 0) is 0 Å². The van der Waals surface area contributed by atoms with Crippen LogP contribution < -0.4 is 5.32 Å². The summed E-state index contributed by atoms with van der Waals surface area (Å²) in [5, 5.41) is 2.47. The molecule has 2 rings (SSSR count). The van der Waals surface area contributed by atoms with Crippen LogP contribution in [0, 0.1) is 12.7 Å². The first-order valence-electron chi connectivity index (χ1n) is 4.99. The van der Waals surface area contributed by atoms with Gasteiger partial charge in [-0.3, -0.25) is 4.79 Å². The van der Waals surface area contributed by atoms with E-state index < -0.39 is 11.7 Å². The molecule has 0 spiro atoms. The Morgan fingerprint density at radius 1 is 1.33 bits per heavy atom. The number of amides is 1. The molecule has 0 fully saturated rings. The molecule has 1 aromatic carbocycles. The first-order valence-corrected chi connectivity index (χ1v) is 6.57. The fourth-order valence-corrected chi connectivity index (χ4v) is 2.88. The van der Waals surface area contributed by atoms with Gasteiger partial charge in [0, 0.05) is 0 Å². The maximum absolute atomic E-state index is 13.5. The highest BCUT2D eigenvalue weighted by Crippen LogP contribution is 2.31. The van der Waals surface area contributed by atoms with Crippen molar-refractivity contribution in [3.63, 3.8) is 0 Å². The number of carbonyl (C=O) groups excluding carboxylic acids is 1. The molecule has 1 aromatic heterocycles. The topological polar surface area (TPSA) is 29.1 Å². The summed E-state index contributed by atoms with van der Waals surface area (Å²) >= 11 is 12.7. The van der Waals surface area contributed by atoms with E-state index in [1.54, 1.807) is 12.1 Å². The second-order valence-corrected chi connectivity index (χ2v) is 5.96. The van der Waals surface area contributed by atoms with Gasteiger partial charge < -0.3 is 5.32 Å². The molecule has 0 saturated carbocycles. The van der Waals surface area contributed by atoms with Crippen LogP contribution in [0.15, 0.2) is 24.3 Å². The predicted octanol–water partition coefficient (Wildman–Crippen LogP) is 4.75. The Hall–Kier alpha value is -1.10. The van der Waals surface area contributed by atoms with E-state index in [-0.39, 0.29) is 15.6 Å². The van der Waals surface area contributed by atoms with Crippen molar-refractivity contribution in [3.8, 4) is 0 Å². The van der Waals surface area contributed by atoms with Crippen LogP contribution in [0.2, 0.25) is 8.67 Å². The van der Waals surface area contributed by atoms with E-state index in [4.69, 9.17) is 23.2 Å². The molecule has 94 valence electrons. The number of nitrogens with one attached hydrogen (secondary N) is 1. The molecule has 0 radical (unpaired) electrons. The molecule has 1 amide bonds. The van der Waals surface area contributed by atoms with Gasteiger partial charge in [-0.2, -0.15) is 0 Å². The molecule has 0 aliphatic heterocycles. The highest BCUT2D eigenvalue weighted by atomic mass is 35.5. The van der Waals surface area contributed by atoms with Crippen LogP contribution in [0.25, 0.3) is 0 Å². The Bertz CT molecular complexity index is 612. The lowest BCUT2D eigenvalue weighted by Gasteiger charge is -2.06. The quantitative estimate of drug-likeness (QED) is 0.852. The Balaban J connectivity index is 2.26. The molecule has 2 nitrogen and oxygen atoms in total. The van der Waals surface area contributed by atoms with E-state index in [9.17, 15) is 9.18 Å². The molecule has 1 heterocycles. The maximum Gasteiger partial charge on any atom is 0.258 e. The molecule has 0 aliphatic carbocycles. The molecule has 1 N–H and O–H groups in total. The van der Waals surface area contributed by atoms with Crippen LogP contribution >= 0.6 is 34.5 Å². The van der Waals surface area contributed by atoms with Gasteiger partial charge in [0.15, 0.2) is 0 Å². The van der Waals surface area contributed by atoms with Gasteiger partial charge in [-0.05, 0) is 30.7 Å². The number of hydrogen-bond acceptors (Lipinski definition) is 2. The van der Waals surface area contributed by atoms with Crippen molar-refractivity contribution in [1.82, 2.24) is 0 Å². The number of halogens is 3. The van der Waals surface area contributed by atoms with E-state index in [1.165, 1.54) is 12.1 Å². The highest BCUT2D eigenvalue weighted by molar-refractivity contribution is 7.20. The van der Waals surface area contributed by atoms with E-state index in [2.05, 4.69) is 5.32 Å². The molecule has 18 heavy (non-hydrogen) atoms. The number of rotatable bonds is 2. The molecule has 0 saturated heterocycles. The summed E-state index contributed by atoms with van der Waals surface area (Å²) in [7, 11) is 0. The van der Waals surface area contributed by atoms with E-state index in [1.807, 2.05) is 6.92 Å². The average Bonchev–Trinajstić information content (AvgIpc) is 2.63. The minimum atomic E-state index is -0.494. The summed E-state index contributed by atoms with van der Waals surface area (Å²) in [6, 6.07) is 5.93. The van der Waals surface area contributed by atoms with E-state index in [0.717, 1.165) is 16.9 Å². The number of thiophene rings is 1. The normalized spacial score (nSPS) is 10.4. The van der Waals surface area contributed by atoms with Crippen molar-refractivity contribution < 1.29 is 9.18 Å². The zero-order valence-electron chi connectivity index (χ0n) is 9.26. The zero-order chi connectivity index (χ0) is 13.3. The zero-order valence-corrected chi connectivity index (χ0v) is 11.6. The lowest BCUT2D eigenvalue weighted by atomic mass is 10.2. The summed E-state index contributed by atoms with van der Waals surface area (Å²) in [6.07, 6.45) is 0. The minimum Gasteiger partial charge on any atom is -0.319 e. The van der Waals surface area contributed by atoms with Crippen LogP contribution in [0.5, 0.6) is 0 Å². The van der Waals surface area contributed by atoms with Gasteiger partial charge in [-0.1, -0.05) is 29.3 Å². The van der Waals surface area contributed by atoms with Crippen molar-refractivity contribution in [2.45, 2.75) is 6.92 Å². The third kappa shape index (κ3) is 2.83. The van der Waals surface area contributed by atoms with Crippen LogP contribution in [0.1, 0.15) is 15.9 Å². The van der Waals surface area contributed by atoms with Crippen molar-refractivity contribution in [1.29, 1.82) is 0 Å². The van der Waals surface area contributed by atoms with Gasteiger partial charge in [-0.15, -0.1) is 11.3 Å². The SMILES string of the molecule is Cc1ccc(F)c(NC(=O)c2cc(Cl)sc2Cl)c1. The molecule has 0 unspecified atom stereocenters. The first-order chi connectivity index (χ1) is 8.47. The Kier molecular flexibility index (Phi) is 3.90. The second-order valence-electron chi connectivity index (χ2n) is 3.68. The van der Waals surface area contributed by atoms with Crippen LogP contribution in [0.4, 0.5) is 10.1 Å². The third-order valence-electron chi connectivity index (χ3n) is 2.27. The third-order valence-corrected chi connectivity index (χ3v) is 3.76. The molecule has 6 heteroatoms. The number of benzene rings is 1. The Labute approximate surface area is 117 Å². The first kappa shape index (κ1) is 13.3. The van der Waals surface area contributed by atoms with Gasteiger partial charge in [-0.25, -0.2) is 4.39 Å². The van der Waals surface area contributed by atoms with E-state index in [0.29, 0.717) is 4.34 Å². The Morgan fingerprint density at radius 2 is 2.06 bits per heavy atom. The van der Waals surface area contributed by atoms with Crippen LogP contribution in [0.3, 0.4) is 0 Å². The highest BCUT2D eigenvalue weighted by Gasteiger charge is 2.15. The maximum atomic E-state index is 13.5.